The van der Waals surface area contributed by atoms with E-state index in [1.54, 1.807) is 8.61 Å². The first-order chi connectivity index (χ1) is 8.14. The molecule has 5 nitrogen and oxygen atoms in total. The summed E-state index contributed by atoms with van der Waals surface area (Å²) in [5, 5.41) is 0. The van der Waals surface area contributed by atoms with E-state index in [2.05, 4.69) is 11.8 Å². The molecule has 0 aromatic carbocycles. The fraction of sp³-hybridized carbons (Fsp3) is 1.00. The highest BCUT2D eigenvalue weighted by Crippen LogP contribution is 2.17. The third kappa shape index (κ3) is 2.99. The maximum Gasteiger partial charge on any atom is 0.282 e. The van der Waals surface area contributed by atoms with Crippen LogP contribution < -0.4 is 0 Å². The van der Waals surface area contributed by atoms with Gasteiger partial charge in [0.05, 0.1) is 0 Å². The molecular weight excluding hydrogens is 238 g/mol. The summed E-state index contributed by atoms with van der Waals surface area (Å²) in [5.41, 5.74) is 0. The topological polar surface area (TPSA) is 43.9 Å². The number of rotatable bonds is 3. The van der Waals surface area contributed by atoms with E-state index >= 15 is 0 Å². The molecule has 0 radical (unpaired) electrons. The SMILES string of the molecule is CCN1CCN(S(=O)(=O)N2CCCCC2)CC1. The highest BCUT2D eigenvalue weighted by molar-refractivity contribution is 7.86. The van der Waals surface area contributed by atoms with Crippen LogP contribution in [0.15, 0.2) is 0 Å². The quantitative estimate of drug-likeness (QED) is 0.736. The molecule has 0 spiro atoms. The van der Waals surface area contributed by atoms with Crippen molar-refractivity contribution in [2.45, 2.75) is 26.2 Å². The number of hydrogen-bond donors (Lipinski definition) is 0. The van der Waals surface area contributed by atoms with Gasteiger partial charge < -0.3 is 4.90 Å². The molecule has 0 aromatic heterocycles. The van der Waals surface area contributed by atoms with Crippen LogP contribution in [0.3, 0.4) is 0 Å². The lowest BCUT2D eigenvalue weighted by atomic mass is 10.2. The van der Waals surface area contributed by atoms with E-state index < -0.39 is 10.2 Å². The van der Waals surface area contributed by atoms with E-state index in [9.17, 15) is 8.42 Å². The van der Waals surface area contributed by atoms with E-state index in [1.165, 1.54) is 0 Å². The molecule has 0 bridgehead atoms. The number of likely N-dealkylation sites (N-methyl/N-ethyl adjacent to an activating group) is 1. The standard InChI is InChI=1S/C11H23N3O2S/c1-2-12-8-10-14(11-9-12)17(15,16)13-6-4-3-5-7-13/h2-11H2,1H3. The van der Waals surface area contributed by atoms with Gasteiger partial charge in [-0.3, -0.25) is 0 Å². The fourth-order valence-corrected chi connectivity index (χ4v) is 4.21. The number of piperidine rings is 1. The van der Waals surface area contributed by atoms with Crippen molar-refractivity contribution in [2.75, 3.05) is 45.8 Å². The predicted molar refractivity (Wildman–Crippen MR) is 68.0 cm³/mol. The molecule has 0 atom stereocenters. The van der Waals surface area contributed by atoms with Gasteiger partial charge in [0.25, 0.3) is 10.2 Å². The Labute approximate surface area is 105 Å². The van der Waals surface area contributed by atoms with Crippen LogP contribution in [0.25, 0.3) is 0 Å². The van der Waals surface area contributed by atoms with E-state index in [1.807, 2.05) is 0 Å². The van der Waals surface area contributed by atoms with Crippen molar-refractivity contribution in [3.63, 3.8) is 0 Å². The van der Waals surface area contributed by atoms with Crippen molar-refractivity contribution in [3.05, 3.63) is 0 Å². The van der Waals surface area contributed by atoms with Crippen molar-refractivity contribution in [3.8, 4) is 0 Å². The second-order valence-electron chi connectivity index (χ2n) is 4.80. The van der Waals surface area contributed by atoms with Gasteiger partial charge in [-0.1, -0.05) is 13.3 Å². The molecule has 6 heteroatoms. The predicted octanol–water partition coefficient (Wildman–Crippen LogP) is 0.355. The molecule has 2 heterocycles. The van der Waals surface area contributed by atoms with E-state index in [0.717, 1.165) is 38.9 Å². The normalized spacial score (nSPS) is 26.2. The van der Waals surface area contributed by atoms with Gasteiger partial charge in [0.15, 0.2) is 0 Å². The first-order valence-corrected chi connectivity index (χ1v) is 8.02. The summed E-state index contributed by atoms with van der Waals surface area (Å²) in [5.74, 6) is 0. The van der Waals surface area contributed by atoms with E-state index in [-0.39, 0.29) is 0 Å². The van der Waals surface area contributed by atoms with Gasteiger partial charge in [-0.15, -0.1) is 0 Å². The third-order valence-corrected chi connectivity index (χ3v) is 5.78. The van der Waals surface area contributed by atoms with Gasteiger partial charge >= 0.3 is 0 Å². The molecule has 2 fully saturated rings. The van der Waals surface area contributed by atoms with Gasteiger partial charge in [0.1, 0.15) is 0 Å². The van der Waals surface area contributed by atoms with Gasteiger partial charge in [-0.2, -0.15) is 17.0 Å². The summed E-state index contributed by atoms with van der Waals surface area (Å²) in [6.07, 6.45) is 3.18. The lowest BCUT2D eigenvalue weighted by Gasteiger charge is -2.37. The smallest absolute Gasteiger partial charge is 0.282 e. The Morgan fingerprint density at radius 2 is 1.35 bits per heavy atom. The second-order valence-corrected chi connectivity index (χ2v) is 6.73. The highest BCUT2D eigenvalue weighted by atomic mass is 32.2. The summed E-state index contributed by atoms with van der Waals surface area (Å²) in [7, 11) is -3.18. The van der Waals surface area contributed by atoms with Crippen LogP contribution in [0, 0.1) is 0 Å². The monoisotopic (exact) mass is 261 g/mol. The molecule has 0 aliphatic carbocycles. The molecule has 0 unspecified atom stereocenters. The van der Waals surface area contributed by atoms with Gasteiger partial charge in [0.2, 0.25) is 0 Å². The largest absolute Gasteiger partial charge is 0.301 e. The minimum atomic E-state index is -3.18. The van der Waals surface area contributed by atoms with Crippen LogP contribution in [0.1, 0.15) is 26.2 Å². The second kappa shape index (κ2) is 5.65. The van der Waals surface area contributed by atoms with Crippen molar-refractivity contribution < 1.29 is 8.42 Å². The molecule has 2 aliphatic heterocycles. The zero-order chi connectivity index (χ0) is 12.3. The molecule has 2 saturated heterocycles. The molecule has 17 heavy (non-hydrogen) atoms. The average Bonchev–Trinajstić information content (AvgIpc) is 2.40. The van der Waals surface area contributed by atoms with E-state index in [4.69, 9.17) is 0 Å². The van der Waals surface area contributed by atoms with Crippen molar-refractivity contribution in [1.82, 2.24) is 13.5 Å². The molecule has 2 rings (SSSR count). The zero-order valence-corrected chi connectivity index (χ0v) is 11.5. The minimum Gasteiger partial charge on any atom is -0.301 e. The lowest BCUT2D eigenvalue weighted by Crippen LogP contribution is -2.53. The third-order valence-electron chi connectivity index (χ3n) is 3.75. The molecular formula is C11H23N3O2S. The van der Waals surface area contributed by atoms with Gasteiger partial charge in [0, 0.05) is 39.3 Å². The first-order valence-electron chi connectivity index (χ1n) is 6.62. The fourth-order valence-electron chi connectivity index (χ4n) is 2.54. The lowest BCUT2D eigenvalue weighted by molar-refractivity contribution is 0.186. The van der Waals surface area contributed by atoms with Crippen molar-refractivity contribution in [2.24, 2.45) is 0 Å². The number of piperazine rings is 1. The Morgan fingerprint density at radius 3 is 1.88 bits per heavy atom. The Hall–Kier alpha value is -0.170. The zero-order valence-electron chi connectivity index (χ0n) is 10.6. The van der Waals surface area contributed by atoms with Crippen molar-refractivity contribution in [1.29, 1.82) is 0 Å². The maximum absolute atomic E-state index is 12.4. The molecule has 0 N–H and O–H groups in total. The molecule has 2 aliphatic rings. The van der Waals surface area contributed by atoms with Crippen LogP contribution in [0.4, 0.5) is 0 Å². The maximum atomic E-state index is 12.4. The summed E-state index contributed by atoms with van der Waals surface area (Å²) >= 11 is 0. The Bertz CT molecular complexity index is 331. The number of nitrogens with zero attached hydrogens (tertiary/aromatic N) is 3. The molecule has 100 valence electrons. The van der Waals surface area contributed by atoms with Crippen LogP contribution in [0.5, 0.6) is 0 Å². The summed E-state index contributed by atoms with van der Waals surface area (Å²) in [6.45, 7) is 7.56. The average molecular weight is 261 g/mol. The van der Waals surface area contributed by atoms with E-state index in [0.29, 0.717) is 26.2 Å². The Kier molecular flexibility index (Phi) is 4.41. The van der Waals surface area contributed by atoms with Gasteiger partial charge in [-0.25, -0.2) is 0 Å². The molecule has 0 saturated carbocycles. The molecule has 0 aromatic rings. The van der Waals surface area contributed by atoms with Crippen LogP contribution in [-0.4, -0.2) is 67.7 Å². The van der Waals surface area contributed by atoms with Crippen LogP contribution >= 0.6 is 0 Å². The van der Waals surface area contributed by atoms with Crippen molar-refractivity contribution >= 4 is 10.2 Å². The Balaban J connectivity index is 1.96. The number of hydrogen-bond acceptors (Lipinski definition) is 3. The summed E-state index contributed by atoms with van der Waals surface area (Å²) < 4.78 is 28.1. The minimum absolute atomic E-state index is 0.646. The molecule has 0 amide bonds. The summed E-state index contributed by atoms with van der Waals surface area (Å²) in [4.78, 5) is 2.29. The first kappa shape index (κ1) is 13.3. The van der Waals surface area contributed by atoms with Gasteiger partial charge in [-0.05, 0) is 19.4 Å². The van der Waals surface area contributed by atoms with Crippen LogP contribution in [0.2, 0.25) is 0 Å². The summed E-state index contributed by atoms with van der Waals surface area (Å²) in [6, 6.07) is 0. The van der Waals surface area contributed by atoms with Crippen LogP contribution in [-0.2, 0) is 10.2 Å². The Morgan fingerprint density at radius 1 is 0.824 bits per heavy atom. The highest BCUT2D eigenvalue weighted by Gasteiger charge is 2.32.